The number of amides is 1. The minimum Gasteiger partial charge on any atom is -0.372 e. The van der Waals surface area contributed by atoms with Crippen molar-refractivity contribution in [3.05, 3.63) is 71.3 Å². The van der Waals surface area contributed by atoms with Gasteiger partial charge in [-0.1, -0.05) is 42.5 Å². The minimum absolute atomic E-state index is 0. The number of nitrogens with zero attached hydrogens (tertiary/aromatic N) is 2. The number of benzene rings is 2. The molecule has 0 aliphatic carbocycles. The van der Waals surface area contributed by atoms with Gasteiger partial charge in [-0.15, -0.1) is 24.0 Å². The summed E-state index contributed by atoms with van der Waals surface area (Å²) in [6, 6.07) is 18.2. The first-order valence-corrected chi connectivity index (χ1v) is 11.1. The standard InChI is InChI=1S/C25H34N4O2.HI/c1-4-26-25(27-15-14-21-8-6-5-7-9-21)28-16-22-10-12-23(13-11-22)24(30)29-17-19(2)31-20(3)18-29;/h5-13,19-20H,4,14-18H2,1-3H3,(H2,26,27,28);1H. The number of carbonyl (C=O) groups excluding carboxylic acids is 1. The van der Waals surface area contributed by atoms with Gasteiger partial charge in [0.1, 0.15) is 0 Å². The van der Waals surface area contributed by atoms with E-state index in [1.807, 2.05) is 49.1 Å². The number of halogens is 1. The molecule has 0 saturated carbocycles. The highest BCUT2D eigenvalue weighted by atomic mass is 127. The Balaban J connectivity index is 0.00000363. The van der Waals surface area contributed by atoms with Gasteiger partial charge < -0.3 is 20.3 Å². The van der Waals surface area contributed by atoms with Crippen LogP contribution in [-0.2, 0) is 17.7 Å². The van der Waals surface area contributed by atoms with Crippen molar-refractivity contribution in [1.82, 2.24) is 15.5 Å². The fourth-order valence-electron chi connectivity index (χ4n) is 3.76. The Morgan fingerprint density at radius 3 is 2.28 bits per heavy atom. The molecule has 0 bridgehead atoms. The molecule has 0 spiro atoms. The number of guanidine groups is 1. The average Bonchev–Trinajstić information content (AvgIpc) is 2.77. The van der Waals surface area contributed by atoms with Gasteiger partial charge in [-0.25, -0.2) is 4.99 Å². The zero-order chi connectivity index (χ0) is 22.1. The SMILES string of the molecule is CCNC(=NCc1ccc(C(=O)N2CC(C)OC(C)C2)cc1)NCCc1ccccc1.I. The lowest BCUT2D eigenvalue weighted by molar-refractivity contribution is -0.0586. The van der Waals surface area contributed by atoms with E-state index >= 15 is 0 Å². The summed E-state index contributed by atoms with van der Waals surface area (Å²) < 4.78 is 5.73. The Hall–Kier alpha value is -2.13. The number of morpholine rings is 1. The fourth-order valence-corrected chi connectivity index (χ4v) is 3.76. The third-order valence-electron chi connectivity index (χ3n) is 5.22. The van der Waals surface area contributed by atoms with Gasteiger partial charge >= 0.3 is 0 Å². The van der Waals surface area contributed by atoms with Crippen LogP contribution in [0.15, 0.2) is 59.6 Å². The summed E-state index contributed by atoms with van der Waals surface area (Å²) in [5.41, 5.74) is 3.08. The number of rotatable bonds is 7. The molecule has 174 valence electrons. The second-order valence-electron chi connectivity index (χ2n) is 8.02. The first-order chi connectivity index (χ1) is 15.0. The minimum atomic E-state index is 0. The van der Waals surface area contributed by atoms with Crippen LogP contribution >= 0.6 is 24.0 Å². The number of ether oxygens (including phenoxy) is 1. The summed E-state index contributed by atoms with van der Waals surface area (Å²) in [5, 5.41) is 6.67. The van der Waals surface area contributed by atoms with E-state index < -0.39 is 0 Å². The van der Waals surface area contributed by atoms with E-state index in [1.54, 1.807) is 0 Å². The molecular weight excluding hydrogens is 515 g/mol. The summed E-state index contributed by atoms with van der Waals surface area (Å²) in [4.78, 5) is 19.4. The quantitative estimate of drug-likeness (QED) is 0.313. The smallest absolute Gasteiger partial charge is 0.254 e. The number of hydrogen-bond acceptors (Lipinski definition) is 3. The monoisotopic (exact) mass is 550 g/mol. The molecule has 2 N–H and O–H groups in total. The highest BCUT2D eigenvalue weighted by Gasteiger charge is 2.26. The molecule has 2 aromatic carbocycles. The van der Waals surface area contributed by atoms with Crippen molar-refractivity contribution in [2.75, 3.05) is 26.2 Å². The van der Waals surface area contributed by atoms with Gasteiger partial charge in [-0.05, 0) is 50.5 Å². The van der Waals surface area contributed by atoms with Crippen LogP contribution in [0.25, 0.3) is 0 Å². The first kappa shape index (κ1) is 26.1. The summed E-state index contributed by atoms with van der Waals surface area (Å²) >= 11 is 0. The second kappa shape index (κ2) is 13.4. The molecule has 1 fully saturated rings. The molecule has 1 aliphatic heterocycles. The van der Waals surface area contributed by atoms with Crippen molar-refractivity contribution >= 4 is 35.8 Å². The highest BCUT2D eigenvalue weighted by molar-refractivity contribution is 14.0. The first-order valence-electron chi connectivity index (χ1n) is 11.1. The fraction of sp³-hybridized carbons (Fsp3) is 0.440. The van der Waals surface area contributed by atoms with Gasteiger partial charge in [0.25, 0.3) is 5.91 Å². The molecule has 0 radical (unpaired) electrons. The third-order valence-corrected chi connectivity index (χ3v) is 5.22. The molecule has 1 heterocycles. The number of carbonyl (C=O) groups is 1. The summed E-state index contributed by atoms with van der Waals surface area (Å²) in [6.07, 6.45) is 1.08. The predicted molar refractivity (Wildman–Crippen MR) is 141 cm³/mol. The summed E-state index contributed by atoms with van der Waals surface area (Å²) in [6.45, 7) is 9.52. The van der Waals surface area contributed by atoms with Crippen molar-refractivity contribution in [1.29, 1.82) is 0 Å². The van der Waals surface area contributed by atoms with Gasteiger partial charge in [0.2, 0.25) is 0 Å². The van der Waals surface area contributed by atoms with Crippen molar-refractivity contribution in [3.8, 4) is 0 Å². The maximum atomic E-state index is 12.8. The van der Waals surface area contributed by atoms with Gasteiger partial charge in [-0.2, -0.15) is 0 Å². The zero-order valence-electron chi connectivity index (χ0n) is 19.2. The second-order valence-corrected chi connectivity index (χ2v) is 8.02. The Kier molecular flexibility index (Phi) is 11.0. The van der Waals surface area contributed by atoms with Gasteiger partial charge in [0.15, 0.2) is 5.96 Å². The van der Waals surface area contributed by atoms with Crippen LogP contribution in [0.5, 0.6) is 0 Å². The van der Waals surface area contributed by atoms with Gasteiger partial charge in [0.05, 0.1) is 18.8 Å². The van der Waals surface area contributed by atoms with E-state index in [-0.39, 0.29) is 42.1 Å². The van der Waals surface area contributed by atoms with Crippen molar-refractivity contribution < 1.29 is 9.53 Å². The molecule has 6 nitrogen and oxygen atoms in total. The molecular formula is C25H35IN4O2. The zero-order valence-corrected chi connectivity index (χ0v) is 21.5. The molecule has 0 aromatic heterocycles. The van der Waals surface area contributed by atoms with E-state index in [2.05, 4.69) is 46.8 Å². The maximum absolute atomic E-state index is 12.8. The van der Waals surface area contributed by atoms with E-state index in [1.165, 1.54) is 5.56 Å². The molecule has 2 aromatic rings. The van der Waals surface area contributed by atoms with E-state index in [0.717, 1.165) is 31.0 Å². The Labute approximate surface area is 208 Å². The molecule has 1 amide bonds. The van der Waals surface area contributed by atoms with Crippen LogP contribution in [0.3, 0.4) is 0 Å². The normalized spacial score (nSPS) is 18.6. The van der Waals surface area contributed by atoms with Crippen molar-refractivity contribution in [2.24, 2.45) is 4.99 Å². The molecule has 2 atom stereocenters. The molecule has 1 aliphatic rings. The summed E-state index contributed by atoms with van der Waals surface area (Å²) in [5.74, 6) is 0.864. The van der Waals surface area contributed by atoms with Crippen LogP contribution in [-0.4, -0.2) is 55.2 Å². The van der Waals surface area contributed by atoms with Gasteiger partial charge in [-0.3, -0.25) is 4.79 Å². The summed E-state index contributed by atoms with van der Waals surface area (Å²) in [7, 11) is 0. The lowest BCUT2D eigenvalue weighted by atomic mass is 10.1. The van der Waals surface area contributed by atoms with E-state index in [4.69, 9.17) is 4.74 Å². The van der Waals surface area contributed by atoms with Crippen LogP contribution in [0.1, 0.15) is 42.3 Å². The van der Waals surface area contributed by atoms with Crippen molar-refractivity contribution in [3.63, 3.8) is 0 Å². The Bertz CT molecular complexity index is 848. The molecule has 2 unspecified atom stereocenters. The van der Waals surface area contributed by atoms with E-state index in [9.17, 15) is 4.79 Å². The molecule has 7 heteroatoms. The highest BCUT2D eigenvalue weighted by Crippen LogP contribution is 2.15. The van der Waals surface area contributed by atoms with Gasteiger partial charge in [0, 0.05) is 31.7 Å². The van der Waals surface area contributed by atoms with Crippen LogP contribution in [0, 0.1) is 0 Å². The predicted octanol–water partition coefficient (Wildman–Crippen LogP) is 3.85. The number of aliphatic imine (C=N–C) groups is 1. The molecule has 3 rings (SSSR count). The van der Waals surface area contributed by atoms with Crippen LogP contribution in [0.4, 0.5) is 0 Å². The lowest BCUT2D eigenvalue weighted by Gasteiger charge is -2.35. The van der Waals surface area contributed by atoms with E-state index in [0.29, 0.717) is 25.2 Å². The third kappa shape index (κ3) is 8.09. The topological polar surface area (TPSA) is 66.0 Å². The average molecular weight is 550 g/mol. The van der Waals surface area contributed by atoms with Crippen LogP contribution < -0.4 is 10.6 Å². The number of hydrogen-bond donors (Lipinski definition) is 2. The van der Waals surface area contributed by atoms with Crippen LogP contribution in [0.2, 0.25) is 0 Å². The van der Waals surface area contributed by atoms with Crippen molar-refractivity contribution in [2.45, 2.75) is 45.9 Å². The Morgan fingerprint density at radius 1 is 1.00 bits per heavy atom. The molecule has 32 heavy (non-hydrogen) atoms. The maximum Gasteiger partial charge on any atom is 0.254 e. The molecule has 1 saturated heterocycles. The Morgan fingerprint density at radius 2 is 1.66 bits per heavy atom. The largest absolute Gasteiger partial charge is 0.372 e. The lowest BCUT2D eigenvalue weighted by Crippen LogP contribution is -2.48. The number of nitrogens with one attached hydrogen (secondary N) is 2.